The summed E-state index contributed by atoms with van der Waals surface area (Å²) in [5.41, 5.74) is 1.23. The van der Waals surface area contributed by atoms with E-state index < -0.39 is 20.0 Å². The van der Waals surface area contributed by atoms with E-state index in [4.69, 9.17) is 9.47 Å². The predicted octanol–water partition coefficient (Wildman–Crippen LogP) is 1.63. The van der Waals surface area contributed by atoms with Crippen LogP contribution in [-0.4, -0.2) is 43.7 Å². The van der Waals surface area contributed by atoms with E-state index in [9.17, 15) is 16.8 Å². The summed E-state index contributed by atoms with van der Waals surface area (Å²) in [4.78, 5) is 0.114. The van der Waals surface area contributed by atoms with Crippen molar-refractivity contribution in [3.05, 3.63) is 59.7 Å². The molecule has 0 radical (unpaired) electrons. The van der Waals surface area contributed by atoms with Crippen molar-refractivity contribution in [2.24, 2.45) is 0 Å². The van der Waals surface area contributed by atoms with Crippen LogP contribution in [0.5, 0.6) is 5.75 Å². The number of rotatable bonds is 12. The van der Waals surface area contributed by atoms with Gasteiger partial charge in [-0.05, 0) is 49.4 Å². The Morgan fingerprint density at radius 3 is 2.28 bits per heavy atom. The monoisotopic (exact) mass is 442 g/mol. The lowest BCUT2D eigenvalue weighted by molar-refractivity contribution is 0.110. The van der Waals surface area contributed by atoms with Gasteiger partial charge in [0, 0.05) is 13.2 Å². The van der Waals surface area contributed by atoms with Crippen LogP contribution in [0, 0.1) is 0 Å². The van der Waals surface area contributed by atoms with Gasteiger partial charge in [0.15, 0.2) is 0 Å². The third-order valence-corrected chi connectivity index (χ3v) is 6.71. The maximum absolute atomic E-state index is 12.5. The third kappa shape index (κ3) is 7.75. The maximum atomic E-state index is 12.5. The molecule has 29 heavy (non-hydrogen) atoms. The van der Waals surface area contributed by atoms with Gasteiger partial charge in [-0.1, -0.05) is 24.3 Å². The average Bonchev–Trinajstić information content (AvgIpc) is 2.70. The molecule has 0 aromatic heterocycles. The molecule has 0 heterocycles. The van der Waals surface area contributed by atoms with Crippen LogP contribution in [-0.2, 0) is 37.1 Å². The summed E-state index contributed by atoms with van der Waals surface area (Å²) in [5, 5.41) is 0. The molecule has 2 rings (SSSR count). The van der Waals surface area contributed by atoms with Gasteiger partial charge in [0.1, 0.15) is 12.4 Å². The van der Waals surface area contributed by atoms with Crippen LogP contribution in [0.3, 0.4) is 0 Å². The molecule has 0 aliphatic heterocycles. The third-order valence-electron chi connectivity index (χ3n) is 3.96. The Labute approximate surface area is 172 Å². The molecule has 0 fully saturated rings. The molecule has 0 spiro atoms. The van der Waals surface area contributed by atoms with Crippen LogP contribution >= 0.6 is 0 Å². The first-order valence-corrected chi connectivity index (χ1v) is 12.2. The zero-order valence-electron chi connectivity index (χ0n) is 16.4. The van der Waals surface area contributed by atoms with Crippen molar-refractivity contribution in [1.29, 1.82) is 0 Å². The van der Waals surface area contributed by atoms with Crippen LogP contribution in [0.25, 0.3) is 0 Å². The Bertz CT molecular complexity index is 990. The molecule has 2 N–H and O–H groups in total. The quantitative estimate of drug-likeness (QED) is 0.484. The van der Waals surface area contributed by atoms with Gasteiger partial charge in [0.05, 0.1) is 17.3 Å². The minimum atomic E-state index is -3.72. The highest BCUT2D eigenvalue weighted by atomic mass is 32.2. The molecule has 2 aromatic carbocycles. The molecular weight excluding hydrogens is 416 g/mol. The fourth-order valence-electron chi connectivity index (χ4n) is 2.46. The van der Waals surface area contributed by atoms with E-state index in [0.717, 1.165) is 0 Å². The number of ether oxygens (including phenoxy) is 2. The molecule has 0 bridgehead atoms. The summed E-state index contributed by atoms with van der Waals surface area (Å²) < 4.78 is 63.8. The Balaban J connectivity index is 1.97. The summed E-state index contributed by atoms with van der Waals surface area (Å²) in [5.74, 6) is 0.386. The Morgan fingerprint density at radius 2 is 1.62 bits per heavy atom. The maximum Gasteiger partial charge on any atom is 0.240 e. The molecule has 0 unspecified atom stereocenters. The molecule has 160 valence electrons. The van der Waals surface area contributed by atoms with Crippen LogP contribution in [0.15, 0.2) is 53.4 Å². The Morgan fingerprint density at radius 1 is 0.931 bits per heavy atom. The summed E-state index contributed by atoms with van der Waals surface area (Å²) in [6.07, 6.45) is 0. The van der Waals surface area contributed by atoms with Crippen LogP contribution < -0.4 is 14.2 Å². The zero-order chi connectivity index (χ0) is 21.3. The van der Waals surface area contributed by atoms with Crippen LogP contribution in [0.2, 0.25) is 0 Å². The van der Waals surface area contributed by atoms with Crippen molar-refractivity contribution in [3.63, 3.8) is 0 Å². The topological polar surface area (TPSA) is 111 Å². The second-order valence-electron chi connectivity index (χ2n) is 6.12. The lowest BCUT2D eigenvalue weighted by Gasteiger charge is -2.10. The Hall–Kier alpha value is -1.98. The van der Waals surface area contributed by atoms with E-state index >= 15 is 0 Å². The van der Waals surface area contributed by atoms with E-state index in [1.165, 1.54) is 19.2 Å². The number of benzene rings is 2. The molecular formula is C19H26N2O6S2. The van der Waals surface area contributed by atoms with Crippen molar-refractivity contribution < 1.29 is 26.3 Å². The van der Waals surface area contributed by atoms with E-state index in [-0.39, 0.29) is 17.2 Å². The van der Waals surface area contributed by atoms with E-state index in [1.807, 2.05) is 6.92 Å². The van der Waals surface area contributed by atoms with E-state index in [0.29, 0.717) is 36.7 Å². The molecule has 0 atom stereocenters. The minimum Gasteiger partial charge on any atom is -0.491 e. The van der Waals surface area contributed by atoms with Crippen molar-refractivity contribution in [2.75, 3.05) is 26.9 Å². The lowest BCUT2D eigenvalue weighted by atomic mass is 10.1. The molecule has 0 saturated heterocycles. The van der Waals surface area contributed by atoms with Gasteiger partial charge in [0.25, 0.3) is 0 Å². The van der Waals surface area contributed by atoms with Crippen molar-refractivity contribution in [1.82, 2.24) is 9.44 Å². The summed E-state index contributed by atoms with van der Waals surface area (Å²) in [7, 11) is -5.77. The summed E-state index contributed by atoms with van der Waals surface area (Å²) in [6.45, 7) is 3.40. The molecule has 0 aliphatic rings. The summed E-state index contributed by atoms with van der Waals surface area (Å²) >= 11 is 0. The molecule has 8 nitrogen and oxygen atoms in total. The van der Waals surface area contributed by atoms with Crippen molar-refractivity contribution in [2.45, 2.75) is 24.1 Å². The Kier molecular flexibility index (Phi) is 8.60. The first kappa shape index (κ1) is 23.3. The largest absolute Gasteiger partial charge is 0.491 e. The molecule has 2 aromatic rings. The smallest absolute Gasteiger partial charge is 0.240 e. The number of hydrogen-bond donors (Lipinski definition) is 2. The first-order chi connectivity index (χ1) is 13.8. The van der Waals surface area contributed by atoms with E-state index in [2.05, 4.69) is 9.44 Å². The second kappa shape index (κ2) is 10.7. The number of sulfonamides is 2. The van der Waals surface area contributed by atoms with Crippen molar-refractivity contribution in [3.8, 4) is 5.75 Å². The highest BCUT2D eigenvalue weighted by Crippen LogP contribution is 2.16. The van der Waals surface area contributed by atoms with Gasteiger partial charge >= 0.3 is 0 Å². The van der Waals surface area contributed by atoms with Gasteiger partial charge in [-0.2, -0.15) is 0 Å². The van der Waals surface area contributed by atoms with Gasteiger partial charge < -0.3 is 9.47 Å². The highest BCUT2D eigenvalue weighted by molar-refractivity contribution is 7.89. The fraction of sp³-hybridized carbons (Fsp3) is 0.368. The number of nitrogens with one attached hydrogen (secondary N) is 2. The molecule has 0 aliphatic carbocycles. The van der Waals surface area contributed by atoms with Gasteiger partial charge in [-0.15, -0.1) is 0 Å². The van der Waals surface area contributed by atoms with Crippen molar-refractivity contribution >= 4 is 20.0 Å². The standard InChI is InChI=1S/C19H26N2O6S2/c1-3-26-11-12-27-18-7-9-19(10-8-18)29(24,25)21-14-16-5-4-6-17(13-16)15-28(22,23)20-2/h4-10,13,20-21H,3,11-12,14-15H2,1-2H3. The minimum absolute atomic E-state index is 0.0440. The molecule has 10 heteroatoms. The summed E-state index contributed by atoms with van der Waals surface area (Å²) in [6, 6.07) is 12.9. The molecule has 0 saturated carbocycles. The first-order valence-electron chi connectivity index (χ1n) is 9.05. The van der Waals surface area contributed by atoms with Gasteiger partial charge in [-0.25, -0.2) is 26.3 Å². The number of hydrogen-bond acceptors (Lipinski definition) is 6. The van der Waals surface area contributed by atoms with Crippen LogP contribution in [0.1, 0.15) is 18.1 Å². The van der Waals surface area contributed by atoms with Gasteiger partial charge in [-0.3, -0.25) is 0 Å². The zero-order valence-corrected chi connectivity index (χ0v) is 18.1. The fourth-order valence-corrected chi connectivity index (χ4v) is 4.24. The lowest BCUT2D eigenvalue weighted by Crippen LogP contribution is -2.23. The predicted molar refractivity (Wildman–Crippen MR) is 111 cm³/mol. The van der Waals surface area contributed by atoms with Gasteiger partial charge in [0.2, 0.25) is 20.0 Å². The second-order valence-corrected chi connectivity index (χ2v) is 9.82. The van der Waals surface area contributed by atoms with E-state index in [1.54, 1.807) is 36.4 Å². The normalized spacial score (nSPS) is 12.1. The highest BCUT2D eigenvalue weighted by Gasteiger charge is 2.14. The average molecular weight is 443 g/mol. The van der Waals surface area contributed by atoms with Crippen LogP contribution in [0.4, 0.5) is 0 Å². The SMILES string of the molecule is CCOCCOc1ccc(S(=O)(=O)NCc2cccc(CS(=O)(=O)NC)c2)cc1. The molecule has 0 amide bonds.